The highest BCUT2D eigenvalue weighted by atomic mass is 19.1. The molecular weight excluding hydrogens is 603 g/mol. The monoisotopic (exact) mass is 652 g/mol. The van der Waals surface area contributed by atoms with E-state index in [9.17, 15) is 23.6 Å². The minimum atomic E-state index is -1.61. The van der Waals surface area contributed by atoms with Crippen LogP contribution in [0.5, 0.6) is 0 Å². The van der Waals surface area contributed by atoms with Crippen molar-refractivity contribution in [2.75, 3.05) is 26.2 Å². The van der Waals surface area contributed by atoms with Gasteiger partial charge in [0.25, 0.3) is 5.91 Å². The molecule has 2 fully saturated rings. The van der Waals surface area contributed by atoms with Gasteiger partial charge in [0.2, 0.25) is 11.8 Å². The Hall–Kier alpha value is -3.99. The molecule has 0 saturated carbocycles. The third-order valence-corrected chi connectivity index (χ3v) is 8.84. The van der Waals surface area contributed by atoms with E-state index in [4.69, 9.17) is 9.47 Å². The maximum atomic E-state index is 14.3. The first-order valence-electron chi connectivity index (χ1n) is 16.3. The molecule has 0 aliphatic carbocycles. The van der Waals surface area contributed by atoms with Crippen LogP contribution < -0.4 is 10.6 Å². The molecule has 2 aliphatic rings. The lowest BCUT2D eigenvalue weighted by molar-refractivity contribution is -0.149. The van der Waals surface area contributed by atoms with Crippen molar-refractivity contribution in [1.29, 1.82) is 0 Å². The summed E-state index contributed by atoms with van der Waals surface area (Å²) in [6, 6.07) is 14.5. The number of halogens is 1. The fraction of sp³-hybridized carbons (Fsp3) is 0.556. The minimum absolute atomic E-state index is 0.0281. The molecule has 2 heterocycles. The van der Waals surface area contributed by atoms with Crippen molar-refractivity contribution in [3.8, 4) is 0 Å². The molecule has 4 amide bonds. The zero-order chi connectivity index (χ0) is 34.6. The second-order valence-electron chi connectivity index (χ2n) is 14.5. The highest BCUT2D eigenvalue weighted by Gasteiger charge is 2.57. The maximum absolute atomic E-state index is 14.3. The number of carbonyl (C=O) groups is 4. The Labute approximate surface area is 277 Å². The van der Waals surface area contributed by atoms with Crippen molar-refractivity contribution < 1.29 is 33.0 Å². The van der Waals surface area contributed by atoms with Gasteiger partial charge in [0.1, 0.15) is 11.9 Å². The predicted molar refractivity (Wildman–Crippen MR) is 176 cm³/mol. The second kappa shape index (κ2) is 14.4. The van der Waals surface area contributed by atoms with E-state index in [1.165, 1.54) is 26.0 Å². The average molecular weight is 653 g/mol. The summed E-state index contributed by atoms with van der Waals surface area (Å²) in [7, 11) is 0. The van der Waals surface area contributed by atoms with E-state index in [1.54, 1.807) is 37.8 Å². The summed E-state index contributed by atoms with van der Waals surface area (Å²) in [5.74, 6) is -1.69. The van der Waals surface area contributed by atoms with Gasteiger partial charge in [-0.2, -0.15) is 0 Å². The third-order valence-electron chi connectivity index (χ3n) is 8.84. The molecule has 3 atom stereocenters. The van der Waals surface area contributed by atoms with Gasteiger partial charge >= 0.3 is 6.09 Å². The molecule has 4 rings (SSSR count). The van der Waals surface area contributed by atoms with Crippen LogP contribution in [0.25, 0.3) is 0 Å². The van der Waals surface area contributed by atoms with Gasteiger partial charge in [-0.25, -0.2) is 9.18 Å². The molecule has 2 saturated heterocycles. The first kappa shape index (κ1) is 35.9. The number of piperidine rings is 1. The van der Waals surface area contributed by atoms with Gasteiger partial charge in [-0.05, 0) is 84.6 Å². The molecule has 2 aliphatic heterocycles. The number of alkyl carbamates (subject to hydrolysis) is 1. The SMILES string of the molecule is CC(C)N1C[C@H](c2ccc(F)cc2)[C@@]2(CCCN(C(=O)[C@@H](COCc3ccccc3)NC(=O)C(C)(C)OC(=O)NC(C)(C)C)C2)C1=O. The summed E-state index contributed by atoms with van der Waals surface area (Å²) < 4.78 is 25.3. The molecule has 2 N–H and O–H groups in total. The van der Waals surface area contributed by atoms with E-state index >= 15 is 0 Å². The van der Waals surface area contributed by atoms with Crippen molar-refractivity contribution in [2.24, 2.45) is 5.41 Å². The van der Waals surface area contributed by atoms with Gasteiger partial charge < -0.3 is 29.9 Å². The molecule has 11 heteroatoms. The van der Waals surface area contributed by atoms with Crippen LogP contribution in [0.1, 0.15) is 78.4 Å². The summed E-state index contributed by atoms with van der Waals surface area (Å²) in [4.78, 5) is 58.0. The fourth-order valence-corrected chi connectivity index (χ4v) is 6.39. The average Bonchev–Trinajstić information content (AvgIpc) is 3.26. The van der Waals surface area contributed by atoms with Gasteiger partial charge in [-0.3, -0.25) is 14.4 Å². The van der Waals surface area contributed by atoms with Crippen molar-refractivity contribution >= 4 is 23.8 Å². The molecule has 0 radical (unpaired) electrons. The molecule has 47 heavy (non-hydrogen) atoms. The number of amides is 4. The van der Waals surface area contributed by atoms with Crippen molar-refractivity contribution in [3.05, 3.63) is 71.5 Å². The number of hydrogen-bond acceptors (Lipinski definition) is 6. The number of hydrogen-bond donors (Lipinski definition) is 2. The Morgan fingerprint density at radius 1 is 1.02 bits per heavy atom. The standard InChI is InChI=1S/C36H49FN4O6/c1-24(2)41-20-28(26-14-16-27(37)17-15-26)36(32(41)44)18-11-19-40(23-36)30(42)29(22-46-21-25-12-9-8-10-13-25)38-31(43)35(6,7)47-33(45)39-34(3,4)5/h8-10,12-17,24,28-29H,11,18-23H2,1-7H3,(H,38,43)(H,39,45)/t28-,29-,36+/m1/s1. The molecule has 1 spiro atoms. The van der Waals surface area contributed by atoms with Gasteiger partial charge in [0.15, 0.2) is 5.60 Å². The Bertz CT molecular complexity index is 1430. The number of likely N-dealkylation sites (tertiary alicyclic amines) is 2. The van der Waals surface area contributed by atoms with Crippen LogP contribution in [0.4, 0.5) is 9.18 Å². The summed E-state index contributed by atoms with van der Waals surface area (Å²) in [6.45, 7) is 13.3. The molecule has 2 aromatic carbocycles. The van der Waals surface area contributed by atoms with Crippen LogP contribution in [0.15, 0.2) is 54.6 Å². The predicted octanol–water partition coefficient (Wildman–Crippen LogP) is 4.77. The fourth-order valence-electron chi connectivity index (χ4n) is 6.39. The zero-order valence-corrected chi connectivity index (χ0v) is 28.6. The maximum Gasteiger partial charge on any atom is 0.408 e. The molecule has 2 aromatic rings. The minimum Gasteiger partial charge on any atom is -0.433 e. The number of carbonyl (C=O) groups excluding carboxylic acids is 4. The van der Waals surface area contributed by atoms with Crippen molar-refractivity contribution in [3.63, 3.8) is 0 Å². The smallest absolute Gasteiger partial charge is 0.408 e. The molecule has 0 bridgehead atoms. The van der Waals surface area contributed by atoms with E-state index < -0.39 is 40.5 Å². The first-order valence-corrected chi connectivity index (χ1v) is 16.3. The van der Waals surface area contributed by atoms with E-state index in [-0.39, 0.29) is 43.4 Å². The Kier molecular flexibility index (Phi) is 11.0. The summed E-state index contributed by atoms with van der Waals surface area (Å²) in [6.07, 6.45) is 0.389. The number of nitrogens with one attached hydrogen (secondary N) is 2. The Morgan fingerprint density at radius 3 is 2.30 bits per heavy atom. The highest BCUT2D eigenvalue weighted by molar-refractivity contribution is 5.93. The van der Waals surface area contributed by atoms with E-state index in [0.29, 0.717) is 25.9 Å². The number of benzene rings is 2. The lowest BCUT2D eigenvalue weighted by Crippen LogP contribution is -2.60. The van der Waals surface area contributed by atoms with Crippen molar-refractivity contribution in [1.82, 2.24) is 20.4 Å². The van der Waals surface area contributed by atoms with Gasteiger partial charge in [0.05, 0.1) is 18.6 Å². The summed E-state index contributed by atoms with van der Waals surface area (Å²) in [5, 5.41) is 5.45. The molecule has 10 nitrogen and oxygen atoms in total. The van der Waals surface area contributed by atoms with Crippen LogP contribution in [0, 0.1) is 11.2 Å². The summed E-state index contributed by atoms with van der Waals surface area (Å²) in [5.41, 5.74) is -1.34. The molecule has 0 aromatic heterocycles. The quantitative estimate of drug-likeness (QED) is 0.382. The highest BCUT2D eigenvalue weighted by Crippen LogP contribution is 2.50. The third kappa shape index (κ3) is 8.68. The number of rotatable bonds is 10. The van der Waals surface area contributed by atoms with Crippen LogP contribution in [0.2, 0.25) is 0 Å². The number of nitrogens with zero attached hydrogens (tertiary/aromatic N) is 2. The second-order valence-corrected chi connectivity index (χ2v) is 14.5. The van der Waals surface area contributed by atoms with Gasteiger partial charge in [-0.1, -0.05) is 42.5 Å². The van der Waals surface area contributed by atoms with Gasteiger partial charge in [0, 0.05) is 37.1 Å². The number of ether oxygens (including phenoxy) is 2. The topological polar surface area (TPSA) is 117 Å². The van der Waals surface area contributed by atoms with Crippen molar-refractivity contribution in [2.45, 2.75) is 97.1 Å². The van der Waals surface area contributed by atoms with E-state index in [2.05, 4.69) is 10.6 Å². The summed E-state index contributed by atoms with van der Waals surface area (Å²) >= 11 is 0. The first-order chi connectivity index (χ1) is 22.0. The normalized spacial score (nSPS) is 20.8. The Morgan fingerprint density at radius 2 is 1.68 bits per heavy atom. The zero-order valence-electron chi connectivity index (χ0n) is 28.6. The van der Waals surface area contributed by atoms with Crippen LogP contribution in [-0.4, -0.2) is 83.1 Å². The Balaban J connectivity index is 1.58. The van der Waals surface area contributed by atoms with Gasteiger partial charge in [-0.15, -0.1) is 0 Å². The largest absolute Gasteiger partial charge is 0.433 e. The van der Waals surface area contributed by atoms with E-state index in [1.807, 2.05) is 49.1 Å². The van der Waals surface area contributed by atoms with E-state index in [0.717, 1.165) is 11.1 Å². The molecule has 0 unspecified atom stereocenters. The van der Waals surface area contributed by atoms with Crippen LogP contribution >= 0.6 is 0 Å². The lowest BCUT2D eigenvalue weighted by Gasteiger charge is -2.43. The molecule has 256 valence electrons. The molecular formula is C36H49FN4O6. The van der Waals surface area contributed by atoms with Crippen LogP contribution in [0.3, 0.4) is 0 Å². The van der Waals surface area contributed by atoms with Crippen LogP contribution in [-0.2, 0) is 30.5 Å². The lowest BCUT2D eigenvalue weighted by atomic mass is 9.69.